The molecule has 0 spiro atoms. The van der Waals surface area contributed by atoms with Crippen LogP contribution in [0.4, 0.5) is 0 Å². The third-order valence-electron chi connectivity index (χ3n) is 2.02. The van der Waals surface area contributed by atoms with Gasteiger partial charge in [0.2, 0.25) is 0 Å². The van der Waals surface area contributed by atoms with Gasteiger partial charge < -0.3 is 5.73 Å². The van der Waals surface area contributed by atoms with Gasteiger partial charge in [-0.1, -0.05) is 13.0 Å². The van der Waals surface area contributed by atoms with Crippen LogP contribution in [-0.4, -0.2) is 17.5 Å². The minimum atomic E-state index is 0.369. The van der Waals surface area contributed by atoms with Crippen LogP contribution in [0, 0.1) is 0 Å². The van der Waals surface area contributed by atoms with E-state index >= 15 is 0 Å². The van der Waals surface area contributed by atoms with Crippen LogP contribution in [0.3, 0.4) is 0 Å². The van der Waals surface area contributed by atoms with Gasteiger partial charge >= 0.3 is 0 Å². The fourth-order valence-electron chi connectivity index (χ4n) is 1.24. The Morgan fingerprint density at radius 1 is 1.57 bits per heavy atom. The molecule has 0 aliphatic heterocycles. The van der Waals surface area contributed by atoms with E-state index in [9.17, 15) is 0 Å². The summed E-state index contributed by atoms with van der Waals surface area (Å²) in [6.45, 7) is 2.21. The summed E-state index contributed by atoms with van der Waals surface area (Å²) >= 11 is 3.81. The van der Waals surface area contributed by atoms with E-state index < -0.39 is 0 Å². The normalized spacial score (nSPS) is 13.0. The van der Waals surface area contributed by atoms with Crippen molar-refractivity contribution in [3.63, 3.8) is 0 Å². The van der Waals surface area contributed by atoms with E-state index in [2.05, 4.69) is 24.4 Å². The van der Waals surface area contributed by atoms with Crippen LogP contribution in [0.15, 0.2) is 17.5 Å². The molecule has 1 atom stereocenters. The predicted octanol–water partition coefficient (Wildman–Crippen LogP) is 3.15. The molecule has 0 radical (unpaired) electrons. The molecule has 0 aromatic carbocycles. The summed E-state index contributed by atoms with van der Waals surface area (Å²) in [6, 6.07) is 4.67. The first-order valence-corrected chi connectivity index (χ1v) is 7.22. The summed E-state index contributed by atoms with van der Waals surface area (Å²) in [5, 5.41) is 2.13. The summed E-state index contributed by atoms with van der Waals surface area (Å²) in [4.78, 5) is 1.46. The van der Waals surface area contributed by atoms with Gasteiger partial charge in [-0.2, -0.15) is 11.8 Å². The molecule has 0 aliphatic carbocycles. The lowest BCUT2D eigenvalue weighted by Gasteiger charge is -2.09. The second kappa shape index (κ2) is 7.32. The summed E-state index contributed by atoms with van der Waals surface area (Å²) in [5.74, 6) is 2.35. The Labute approximate surface area is 95.1 Å². The van der Waals surface area contributed by atoms with Gasteiger partial charge in [-0.25, -0.2) is 0 Å². The number of thioether (sulfide) groups is 1. The smallest absolute Gasteiger partial charge is 0.0133 e. The SMILES string of the molecule is CCCSCC(N)CCc1cccs1. The Morgan fingerprint density at radius 2 is 2.43 bits per heavy atom. The molecule has 0 bridgehead atoms. The second-order valence-electron chi connectivity index (χ2n) is 3.45. The lowest BCUT2D eigenvalue weighted by atomic mass is 10.2. The first kappa shape index (κ1) is 12.1. The lowest BCUT2D eigenvalue weighted by molar-refractivity contribution is 0.679. The second-order valence-corrected chi connectivity index (χ2v) is 5.64. The molecule has 0 fully saturated rings. The number of rotatable bonds is 7. The van der Waals surface area contributed by atoms with Gasteiger partial charge in [-0.05, 0) is 36.5 Å². The van der Waals surface area contributed by atoms with Gasteiger partial charge in [0.25, 0.3) is 0 Å². The molecule has 1 nitrogen and oxygen atoms in total. The van der Waals surface area contributed by atoms with Gasteiger partial charge in [0.15, 0.2) is 0 Å². The highest BCUT2D eigenvalue weighted by molar-refractivity contribution is 7.99. The van der Waals surface area contributed by atoms with E-state index in [0.717, 1.165) is 18.6 Å². The monoisotopic (exact) mass is 229 g/mol. The van der Waals surface area contributed by atoms with Gasteiger partial charge in [-0.15, -0.1) is 11.3 Å². The Kier molecular flexibility index (Phi) is 6.32. The van der Waals surface area contributed by atoms with Crippen molar-refractivity contribution in [2.24, 2.45) is 5.73 Å². The molecule has 1 unspecified atom stereocenters. The van der Waals surface area contributed by atoms with Crippen molar-refractivity contribution < 1.29 is 0 Å². The minimum absolute atomic E-state index is 0.369. The predicted molar refractivity (Wildman–Crippen MR) is 68.2 cm³/mol. The summed E-state index contributed by atoms with van der Waals surface area (Å²) < 4.78 is 0. The highest BCUT2D eigenvalue weighted by atomic mass is 32.2. The maximum absolute atomic E-state index is 6.01. The average Bonchev–Trinajstić information content (AvgIpc) is 2.68. The van der Waals surface area contributed by atoms with Gasteiger partial charge in [0, 0.05) is 16.7 Å². The van der Waals surface area contributed by atoms with E-state index in [1.165, 1.54) is 17.1 Å². The quantitative estimate of drug-likeness (QED) is 0.727. The molecule has 0 amide bonds. The van der Waals surface area contributed by atoms with Crippen LogP contribution in [0.5, 0.6) is 0 Å². The molecule has 2 N–H and O–H groups in total. The van der Waals surface area contributed by atoms with Gasteiger partial charge in [-0.3, -0.25) is 0 Å². The molecular formula is C11H19NS2. The van der Waals surface area contributed by atoms with Crippen molar-refractivity contribution >= 4 is 23.1 Å². The summed E-state index contributed by atoms with van der Waals surface area (Å²) in [7, 11) is 0. The fourth-order valence-corrected chi connectivity index (χ4v) is 2.89. The molecule has 1 aromatic heterocycles. The van der Waals surface area contributed by atoms with Crippen LogP contribution in [0.1, 0.15) is 24.6 Å². The molecule has 3 heteroatoms. The summed E-state index contributed by atoms with van der Waals surface area (Å²) in [5.41, 5.74) is 6.01. The Bertz CT molecular complexity index is 221. The van der Waals surface area contributed by atoms with Crippen LogP contribution in [0.25, 0.3) is 0 Å². The highest BCUT2D eigenvalue weighted by Crippen LogP contribution is 2.13. The van der Waals surface area contributed by atoms with Crippen LogP contribution >= 0.6 is 23.1 Å². The standard InChI is InChI=1S/C11H19NS2/c1-2-7-13-9-10(12)5-6-11-4-3-8-14-11/h3-4,8,10H,2,5-7,9,12H2,1H3. The zero-order chi connectivity index (χ0) is 10.2. The number of hydrogen-bond donors (Lipinski definition) is 1. The van der Waals surface area contributed by atoms with Crippen molar-refractivity contribution in [3.05, 3.63) is 22.4 Å². The summed E-state index contributed by atoms with van der Waals surface area (Å²) in [6.07, 6.45) is 3.52. The van der Waals surface area contributed by atoms with Crippen LogP contribution in [0.2, 0.25) is 0 Å². The molecular weight excluding hydrogens is 210 g/mol. The van der Waals surface area contributed by atoms with Crippen molar-refractivity contribution in [1.29, 1.82) is 0 Å². The lowest BCUT2D eigenvalue weighted by Crippen LogP contribution is -2.23. The van der Waals surface area contributed by atoms with E-state index in [1.54, 1.807) is 0 Å². The zero-order valence-electron chi connectivity index (χ0n) is 8.74. The van der Waals surface area contributed by atoms with Crippen molar-refractivity contribution in [1.82, 2.24) is 0 Å². The Balaban J connectivity index is 2.06. The molecule has 14 heavy (non-hydrogen) atoms. The third-order valence-corrected chi connectivity index (χ3v) is 4.32. The van der Waals surface area contributed by atoms with E-state index in [0.29, 0.717) is 6.04 Å². The zero-order valence-corrected chi connectivity index (χ0v) is 10.4. The number of hydrogen-bond acceptors (Lipinski definition) is 3. The van der Waals surface area contributed by atoms with Gasteiger partial charge in [0.1, 0.15) is 0 Å². The Morgan fingerprint density at radius 3 is 3.07 bits per heavy atom. The largest absolute Gasteiger partial charge is 0.327 e. The number of nitrogens with two attached hydrogens (primary N) is 1. The number of thiophene rings is 1. The Hall–Kier alpha value is 0.01000. The average molecular weight is 229 g/mol. The minimum Gasteiger partial charge on any atom is -0.327 e. The molecule has 1 aromatic rings. The van der Waals surface area contributed by atoms with E-state index in [4.69, 9.17) is 5.73 Å². The number of aryl methyl sites for hydroxylation is 1. The highest BCUT2D eigenvalue weighted by Gasteiger charge is 2.03. The molecule has 0 aliphatic rings. The third kappa shape index (κ3) is 5.03. The van der Waals surface area contributed by atoms with E-state index in [1.807, 2.05) is 23.1 Å². The molecule has 80 valence electrons. The molecule has 0 saturated carbocycles. The fraction of sp³-hybridized carbons (Fsp3) is 0.636. The first-order chi connectivity index (χ1) is 6.83. The first-order valence-electron chi connectivity index (χ1n) is 5.18. The van der Waals surface area contributed by atoms with Crippen LogP contribution < -0.4 is 5.73 Å². The maximum Gasteiger partial charge on any atom is 0.0133 e. The molecule has 1 rings (SSSR count). The maximum atomic E-state index is 6.01. The van der Waals surface area contributed by atoms with Crippen LogP contribution in [-0.2, 0) is 6.42 Å². The van der Waals surface area contributed by atoms with Gasteiger partial charge in [0.05, 0.1) is 0 Å². The van der Waals surface area contributed by atoms with E-state index in [-0.39, 0.29) is 0 Å². The van der Waals surface area contributed by atoms with Crippen molar-refractivity contribution in [2.75, 3.05) is 11.5 Å². The molecule has 1 heterocycles. The topological polar surface area (TPSA) is 26.0 Å². The van der Waals surface area contributed by atoms with Crippen molar-refractivity contribution in [3.8, 4) is 0 Å². The molecule has 0 saturated heterocycles. The van der Waals surface area contributed by atoms with Crippen molar-refractivity contribution in [2.45, 2.75) is 32.2 Å².